The molecule has 0 nitrogen and oxygen atoms in total. The summed E-state index contributed by atoms with van der Waals surface area (Å²) < 4.78 is 0. The highest BCUT2D eigenvalue weighted by atomic mass is 35.7. The SMILES string of the molecule is Cc1cccc([SiH](Cl)Cl)c1. The molecule has 0 saturated carbocycles. The van der Waals surface area contributed by atoms with Crippen LogP contribution in [0.3, 0.4) is 0 Å². The second-order valence-corrected chi connectivity index (χ2v) is 6.77. The summed E-state index contributed by atoms with van der Waals surface area (Å²) in [5.41, 5.74) is 1.22. The van der Waals surface area contributed by atoms with Crippen LogP contribution in [0.25, 0.3) is 0 Å². The number of halogens is 2. The van der Waals surface area contributed by atoms with Crippen molar-refractivity contribution in [2.75, 3.05) is 0 Å². The number of hydrogen-bond acceptors (Lipinski definition) is 0. The minimum atomic E-state index is -1.61. The lowest BCUT2D eigenvalue weighted by Crippen LogP contribution is -2.17. The van der Waals surface area contributed by atoms with Crippen molar-refractivity contribution >= 4 is 34.8 Å². The van der Waals surface area contributed by atoms with E-state index < -0.39 is 7.42 Å². The molecule has 0 unspecified atom stereocenters. The van der Waals surface area contributed by atoms with Crippen molar-refractivity contribution in [3.05, 3.63) is 29.8 Å². The first-order chi connectivity index (χ1) is 4.70. The smallest absolute Gasteiger partial charge is 0.144 e. The Morgan fingerprint density at radius 1 is 1.30 bits per heavy atom. The minimum absolute atomic E-state index is 1.10. The second-order valence-electron chi connectivity index (χ2n) is 2.21. The van der Waals surface area contributed by atoms with E-state index in [2.05, 4.69) is 0 Å². The highest BCUT2D eigenvalue weighted by Gasteiger charge is 2.04. The number of hydrogen-bond donors (Lipinski definition) is 0. The predicted molar refractivity (Wildman–Crippen MR) is 49.7 cm³/mol. The Morgan fingerprint density at radius 3 is 2.40 bits per heavy atom. The zero-order chi connectivity index (χ0) is 7.56. The summed E-state index contributed by atoms with van der Waals surface area (Å²) in [4.78, 5) is 0. The van der Waals surface area contributed by atoms with Gasteiger partial charge in [-0.25, -0.2) is 0 Å². The van der Waals surface area contributed by atoms with Crippen molar-refractivity contribution in [2.45, 2.75) is 6.92 Å². The third kappa shape index (κ3) is 2.01. The first-order valence-corrected chi connectivity index (χ1v) is 7.12. The Bertz CT molecular complexity index is 223. The van der Waals surface area contributed by atoms with E-state index in [1.165, 1.54) is 5.56 Å². The van der Waals surface area contributed by atoms with Crippen molar-refractivity contribution in [3.63, 3.8) is 0 Å². The van der Waals surface area contributed by atoms with Gasteiger partial charge in [0.2, 0.25) is 0 Å². The summed E-state index contributed by atoms with van der Waals surface area (Å²) in [5, 5.41) is 1.10. The van der Waals surface area contributed by atoms with E-state index in [4.69, 9.17) is 22.2 Å². The van der Waals surface area contributed by atoms with E-state index >= 15 is 0 Å². The van der Waals surface area contributed by atoms with Crippen LogP contribution in [0.2, 0.25) is 0 Å². The summed E-state index contributed by atoms with van der Waals surface area (Å²) >= 11 is 11.6. The molecule has 0 bridgehead atoms. The average Bonchev–Trinajstić information content (AvgIpc) is 1.88. The van der Waals surface area contributed by atoms with Crippen LogP contribution in [0.1, 0.15) is 5.56 Å². The van der Waals surface area contributed by atoms with Crippen LogP contribution in [0.15, 0.2) is 24.3 Å². The standard InChI is InChI=1S/C7H8Cl2Si/c1-6-3-2-4-7(5-6)10(8)9/h2-5,10H,1H3. The third-order valence-electron chi connectivity index (χ3n) is 1.29. The van der Waals surface area contributed by atoms with E-state index in [-0.39, 0.29) is 0 Å². The van der Waals surface area contributed by atoms with Crippen LogP contribution in [0, 0.1) is 6.92 Å². The van der Waals surface area contributed by atoms with Gasteiger partial charge >= 0.3 is 0 Å². The van der Waals surface area contributed by atoms with Crippen LogP contribution >= 0.6 is 22.2 Å². The van der Waals surface area contributed by atoms with E-state index in [0.717, 1.165) is 5.19 Å². The number of rotatable bonds is 1. The Balaban J connectivity index is 2.96. The molecule has 0 aromatic heterocycles. The fourth-order valence-corrected chi connectivity index (χ4v) is 2.27. The molecule has 0 N–H and O–H groups in total. The molecule has 3 heteroatoms. The molecule has 1 aromatic rings. The molecule has 0 radical (unpaired) electrons. The number of benzene rings is 1. The number of aryl methyl sites for hydroxylation is 1. The van der Waals surface area contributed by atoms with Crippen LogP contribution in [-0.4, -0.2) is 7.42 Å². The first-order valence-electron chi connectivity index (χ1n) is 3.05. The predicted octanol–water partition coefficient (Wildman–Crippen LogP) is 1.90. The lowest BCUT2D eigenvalue weighted by atomic mass is 10.2. The van der Waals surface area contributed by atoms with Gasteiger partial charge < -0.3 is 0 Å². The van der Waals surface area contributed by atoms with Crippen LogP contribution in [0.5, 0.6) is 0 Å². The third-order valence-corrected chi connectivity index (χ3v) is 3.67. The van der Waals surface area contributed by atoms with Crippen LogP contribution in [-0.2, 0) is 0 Å². The van der Waals surface area contributed by atoms with E-state index in [1.54, 1.807) is 0 Å². The fraction of sp³-hybridized carbons (Fsp3) is 0.143. The van der Waals surface area contributed by atoms with Gasteiger partial charge in [0.15, 0.2) is 0 Å². The molecule has 0 heterocycles. The lowest BCUT2D eigenvalue weighted by molar-refractivity contribution is 1.49. The summed E-state index contributed by atoms with van der Waals surface area (Å²) in [7, 11) is -1.61. The van der Waals surface area contributed by atoms with Crippen molar-refractivity contribution in [2.24, 2.45) is 0 Å². The summed E-state index contributed by atoms with van der Waals surface area (Å²) in [6, 6.07) is 8.03. The van der Waals surface area contributed by atoms with Crippen molar-refractivity contribution in [3.8, 4) is 0 Å². The van der Waals surface area contributed by atoms with Gasteiger partial charge in [0.1, 0.15) is 0 Å². The monoisotopic (exact) mass is 190 g/mol. The summed E-state index contributed by atoms with van der Waals surface area (Å²) in [5.74, 6) is 0. The summed E-state index contributed by atoms with van der Waals surface area (Å²) in [6.45, 7) is 2.04. The van der Waals surface area contributed by atoms with Crippen molar-refractivity contribution in [1.82, 2.24) is 0 Å². The molecule has 1 rings (SSSR count). The van der Waals surface area contributed by atoms with Gasteiger partial charge in [-0.3, -0.25) is 0 Å². The topological polar surface area (TPSA) is 0 Å². The Kier molecular flexibility index (Phi) is 2.78. The highest BCUT2D eigenvalue weighted by molar-refractivity contribution is 7.39. The maximum absolute atomic E-state index is 5.78. The van der Waals surface area contributed by atoms with Gasteiger partial charge in [-0.2, -0.15) is 0 Å². The van der Waals surface area contributed by atoms with Gasteiger partial charge in [0.05, 0.1) is 0 Å². The Labute approximate surface area is 71.8 Å². The highest BCUT2D eigenvalue weighted by Crippen LogP contribution is 2.00. The Hall–Kier alpha value is 0.0169. The Morgan fingerprint density at radius 2 is 2.00 bits per heavy atom. The van der Waals surface area contributed by atoms with Crippen molar-refractivity contribution in [1.29, 1.82) is 0 Å². The van der Waals surface area contributed by atoms with Crippen LogP contribution in [0.4, 0.5) is 0 Å². The first kappa shape index (κ1) is 8.12. The normalized spacial score (nSPS) is 10.4. The summed E-state index contributed by atoms with van der Waals surface area (Å²) in [6.07, 6.45) is 0. The maximum Gasteiger partial charge on any atom is 0.266 e. The second kappa shape index (κ2) is 3.42. The molecule has 0 aliphatic rings. The molecule has 0 aliphatic carbocycles. The van der Waals surface area contributed by atoms with Gasteiger partial charge in [-0.1, -0.05) is 29.8 Å². The maximum atomic E-state index is 5.78. The molecule has 0 saturated heterocycles. The molecular formula is C7H8Cl2Si. The lowest BCUT2D eigenvalue weighted by Gasteiger charge is -1.99. The minimum Gasteiger partial charge on any atom is -0.144 e. The molecule has 54 valence electrons. The zero-order valence-electron chi connectivity index (χ0n) is 5.64. The molecule has 0 fully saturated rings. The van der Waals surface area contributed by atoms with Crippen molar-refractivity contribution < 1.29 is 0 Å². The quantitative estimate of drug-likeness (QED) is 0.469. The van der Waals surface area contributed by atoms with Gasteiger partial charge in [-0.15, -0.1) is 22.2 Å². The average molecular weight is 191 g/mol. The van der Waals surface area contributed by atoms with E-state index in [1.807, 2.05) is 31.2 Å². The van der Waals surface area contributed by atoms with E-state index in [9.17, 15) is 0 Å². The van der Waals surface area contributed by atoms with Gasteiger partial charge in [-0.05, 0) is 12.1 Å². The zero-order valence-corrected chi connectivity index (χ0v) is 8.31. The molecule has 1 aromatic carbocycles. The molecule has 0 amide bonds. The van der Waals surface area contributed by atoms with E-state index in [0.29, 0.717) is 0 Å². The molecule has 0 atom stereocenters. The fourth-order valence-electron chi connectivity index (χ4n) is 0.806. The van der Waals surface area contributed by atoms with Gasteiger partial charge in [0.25, 0.3) is 7.42 Å². The molecule has 0 aliphatic heterocycles. The van der Waals surface area contributed by atoms with Gasteiger partial charge in [0, 0.05) is 0 Å². The molecule has 0 spiro atoms. The largest absolute Gasteiger partial charge is 0.266 e. The molecule has 10 heavy (non-hydrogen) atoms. The molecular weight excluding hydrogens is 183 g/mol. The van der Waals surface area contributed by atoms with Crippen LogP contribution < -0.4 is 5.19 Å².